The molecular formula is C32H27ClF2N2O3. The van der Waals surface area contributed by atoms with Crippen LogP contribution in [-0.2, 0) is 0 Å². The van der Waals surface area contributed by atoms with Gasteiger partial charge in [-0.15, -0.1) is 0 Å². The van der Waals surface area contributed by atoms with Gasteiger partial charge in [0.1, 0.15) is 11.6 Å². The number of nitrogens with two attached hydrogens (primary N) is 1. The maximum Gasteiger partial charge on any atom is 0.337 e. The number of rotatable bonds is 4. The lowest BCUT2D eigenvalue weighted by molar-refractivity contribution is 0.0697. The van der Waals surface area contributed by atoms with Crippen LogP contribution in [0.2, 0.25) is 5.02 Å². The average molecular weight is 561 g/mol. The first-order chi connectivity index (χ1) is 19.1. The van der Waals surface area contributed by atoms with E-state index in [-0.39, 0.29) is 22.7 Å². The van der Waals surface area contributed by atoms with Crippen molar-refractivity contribution in [1.82, 2.24) is 4.98 Å². The Morgan fingerprint density at radius 3 is 1.95 bits per heavy atom. The van der Waals surface area contributed by atoms with Gasteiger partial charge in [-0.3, -0.25) is 4.79 Å². The summed E-state index contributed by atoms with van der Waals surface area (Å²) in [6.45, 7) is 3.58. The van der Waals surface area contributed by atoms with Crippen molar-refractivity contribution >= 4 is 39.9 Å². The standard InChI is InChI=1S/C16H11ClFN.C9H9FO.C7H7NO2/c1-10-15(17)12-7-3-5-9-14(12)19-16(10)11-6-2-4-8-13(11)18;1-2-9(11)7-5-3-4-6-8(7)10;8-6-4-2-1-3-5(6)7(9)10/h2-9H,1H3;3-6H,2H2,1H3;1-4H,8H2,(H,9,10). The molecule has 0 aliphatic rings. The highest BCUT2D eigenvalue weighted by Gasteiger charge is 2.14. The summed E-state index contributed by atoms with van der Waals surface area (Å²) in [5.41, 5.74) is 8.64. The van der Waals surface area contributed by atoms with E-state index in [9.17, 15) is 18.4 Å². The van der Waals surface area contributed by atoms with Gasteiger partial charge in [-0.05, 0) is 55.0 Å². The van der Waals surface area contributed by atoms with Crippen molar-refractivity contribution in [3.05, 3.63) is 130 Å². The SMILES string of the molecule is CCC(=O)c1ccccc1F.Cc1c(-c2ccccc2F)nc2ccccc2c1Cl.Nc1ccccc1C(=O)O. The lowest BCUT2D eigenvalue weighted by atomic mass is 10.0. The average Bonchev–Trinajstić information content (AvgIpc) is 2.96. The molecule has 5 nitrogen and oxygen atoms in total. The number of benzene rings is 4. The van der Waals surface area contributed by atoms with E-state index < -0.39 is 11.8 Å². The number of hydrogen-bond donors (Lipinski definition) is 2. The van der Waals surface area contributed by atoms with Gasteiger partial charge in [0.05, 0.1) is 27.4 Å². The Kier molecular flexibility index (Phi) is 10.4. The number of fused-ring (bicyclic) bond motifs is 1. The smallest absolute Gasteiger partial charge is 0.337 e. The third-order valence-corrected chi connectivity index (χ3v) is 6.36. The van der Waals surface area contributed by atoms with E-state index >= 15 is 0 Å². The van der Waals surface area contributed by atoms with Crippen molar-refractivity contribution in [2.75, 3.05) is 5.73 Å². The minimum absolute atomic E-state index is 0.150. The molecule has 4 aromatic carbocycles. The van der Waals surface area contributed by atoms with E-state index in [1.54, 1.807) is 55.5 Å². The number of para-hydroxylation sites is 2. The lowest BCUT2D eigenvalue weighted by Gasteiger charge is -2.10. The molecular weight excluding hydrogens is 534 g/mol. The van der Waals surface area contributed by atoms with Crippen LogP contribution in [0.5, 0.6) is 0 Å². The number of carboxylic acid groups (broad SMARTS) is 1. The number of carboxylic acids is 1. The van der Waals surface area contributed by atoms with Gasteiger partial charge >= 0.3 is 5.97 Å². The molecule has 0 aliphatic heterocycles. The fourth-order valence-corrected chi connectivity index (χ4v) is 4.00. The van der Waals surface area contributed by atoms with Gasteiger partial charge in [0, 0.05) is 23.1 Å². The molecule has 0 aliphatic carbocycles. The zero-order chi connectivity index (χ0) is 29.2. The second kappa shape index (κ2) is 14.0. The summed E-state index contributed by atoms with van der Waals surface area (Å²) in [7, 11) is 0. The maximum absolute atomic E-state index is 13.9. The van der Waals surface area contributed by atoms with Crippen molar-refractivity contribution in [3.8, 4) is 11.3 Å². The molecule has 0 atom stereocenters. The Morgan fingerprint density at radius 2 is 1.38 bits per heavy atom. The van der Waals surface area contributed by atoms with Gasteiger partial charge in [-0.2, -0.15) is 0 Å². The molecule has 0 radical (unpaired) electrons. The van der Waals surface area contributed by atoms with E-state index in [0.29, 0.717) is 28.4 Å². The summed E-state index contributed by atoms with van der Waals surface area (Å²) >= 11 is 6.37. The largest absolute Gasteiger partial charge is 0.478 e. The lowest BCUT2D eigenvalue weighted by Crippen LogP contribution is -2.00. The Bertz CT molecular complexity index is 1660. The van der Waals surface area contributed by atoms with Gasteiger partial charge in [0.25, 0.3) is 0 Å². The van der Waals surface area contributed by atoms with E-state index in [2.05, 4.69) is 4.98 Å². The Balaban J connectivity index is 0.000000180. The van der Waals surface area contributed by atoms with Gasteiger partial charge < -0.3 is 10.8 Å². The predicted molar refractivity (Wildman–Crippen MR) is 156 cm³/mol. The quantitative estimate of drug-likeness (QED) is 0.170. The predicted octanol–water partition coefficient (Wildman–Crippen LogP) is 8.39. The Morgan fingerprint density at radius 1 is 0.825 bits per heavy atom. The third kappa shape index (κ3) is 7.27. The van der Waals surface area contributed by atoms with E-state index in [0.717, 1.165) is 16.5 Å². The van der Waals surface area contributed by atoms with Crippen LogP contribution < -0.4 is 5.73 Å². The van der Waals surface area contributed by atoms with E-state index in [1.165, 1.54) is 24.3 Å². The number of ketones is 1. The van der Waals surface area contributed by atoms with Crippen molar-refractivity contribution in [1.29, 1.82) is 0 Å². The molecule has 204 valence electrons. The fraction of sp³-hybridized carbons (Fsp3) is 0.0938. The third-order valence-electron chi connectivity index (χ3n) is 5.87. The molecule has 0 saturated heterocycles. The number of aromatic carboxylic acids is 1. The molecule has 1 aromatic heterocycles. The fourth-order valence-electron chi connectivity index (χ4n) is 3.75. The number of pyridine rings is 1. The number of Topliss-reactive ketones (excluding diaryl/α,β-unsaturated/α-hetero) is 1. The van der Waals surface area contributed by atoms with E-state index in [1.807, 2.05) is 31.2 Å². The number of hydrogen-bond acceptors (Lipinski definition) is 4. The summed E-state index contributed by atoms with van der Waals surface area (Å²) in [5, 5.41) is 10.0. The molecule has 0 amide bonds. The maximum atomic E-state index is 13.9. The van der Waals surface area contributed by atoms with Crippen LogP contribution in [0.1, 0.15) is 39.6 Å². The topological polar surface area (TPSA) is 93.3 Å². The van der Waals surface area contributed by atoms with Gasteiger partial charge in [-0.1, -0.05) is 73.1 Å². The summed E-state index contributed by atoms with van der Waals surface area (Å²) in [5.74, 6) is -1.86. The van der Waals surface area contributed by atoms with Gasteiger partial charge in [-0.25, -0.2) is 18.6 Å². The molecule has 40 heavy (non-hydrogen) atoms. The monoisotopic (exact) mass is 560 g/mol. The first kappa shape index (κ1) is 29.9. The number of nitrogens with zero attached hydrogens (tertiary/aromatic N) is 1. The summed E-state index contributed by atoms with van der Waals surface area (Å²) in [6.07, 6.45) is 0.348. The second-order valence-electron chi connectivity index (χ2n) is 8.55. The molecule has 3 N–H and O–H groups in total. The molecule has 0 spiro atoms. The second-order valence-corrected chi connectivity index (χ2v) is 8.92. The molecule has 0 bridgehead atoms. The van der Waals surface area contributed by atoms with Crippen LogP contribution in [0.4, 0.5) is 14.5 Å². The number of aromatic nitrogens is 1. The first-order valence-corrected chi connectivity index (χ1v) is 12.7. The van der Waals surface area contributed by atoms with E-state index in [4.69, 9.17) is 22.4 Å². The summed E-state index contributed by atoms with van der Waals surface area (Å²) in [4.78, 5) is 25.9. The Labute approximate surface area is 235 Å². The minimum Gasteiger partial charge on any atom is -0.478 e. The van der Waals surface area contributed by atoms with Crippen molar-refractivity contribution < 1.29 is 23.5 Å². The van der Waals surface area contributed by atoms with Crippen LogP contribution in [0.3, 0.4) is 0 Å². The molecule has 1 heterocycles. The zero-order valence-corrected chi connectivity index (χ0v) is 22.6. The molecule has 8 heteroatoms. The minimum atomic E-state index is -0.988. The summed E-state index contributed by atoms with van der Waals surface area (Å²) < 4.78 is 26.7. The van der Waals surface area contributed by atoms with Crippen molar-refractivity contribution in [2.24, 2.45) is 0 Å². The van der Waals surface area contributed by atoms with Gasteiger partial charge in [0.2, 0.25) is 0 Å². The highest BCUT2D eigenvalue weighted by atomic mass is 35.5. The molecule has 5 aromatic rings. The number of halogens is 3. The number of carbonyl (C=O) groups is 2. The van der Waals surface area contributed by atoms with Crippen LogP contribution in [0, 0.1) is 18.6 Å². The van der Waals surface area contributed by atoms with Crippen molar-refractivity contribution in [3.63, 3.8) is 0 Å². The molecule has 0 saturated carbocycles. The Hall–Kier alpha value is -4.62. The zero-order valence-electron chi connectivity index (χ0n) is 21.9. The van der Waals surface area contributed by atoms with Gasteiger partial charge in [0.15, 0.2) is 5.78 Å². The van der Waals surface area contributed by atoms with Crippen molar-refractivity contribution in [2.45, 2.75) is 20.3 Å². The number of carbonyl (C=O) groups excluding carboxylic acids is 1. The summed E-state index contributed by atoms with van der Waals surface area (Å²) in [6, 6.07) is 26.6. The highest BCUT2D eigenvalue weighted by Crippen LogP contribution is 2.33. The first-order valence-electron chi connectivity index (χ1n) is 12.3. The van der Waals surface area contributed by atoms with Crippen LogP contribution in [0.15, 0.2) is 97.1 Å². The van der Waals surface area contributed by atoms with Crippen LogP contribution in [-0.4, -0.2) is 21.8 Å². The number of nitrogen functional groups attached to an aromatic ring is 1. The van der Waals surface area contributed by atoms with Crippen LogP contribution in [0.25, 0.3) is 22.2 Å². The molecule has 5 rings (SSSR count). The van der Waals surface area contributed by atoms with Crippen LogP contribution >= 0.6 is 11.6 Å². The highest BCUT2D eigenvalue weighted by molar-refractivity contribution is 6.36. The molecule has 0 fully saturated rings. The normalized spacial score (nSPS) is 10.1. The molecule has 0 unspecified atom stereocenters. The number of anilines is 1.